The van der Waals surface area contributed by atoms with Gasteiger partial charge >= 0.3 is 0 Å². The topological polar surface area (TPSA) is 55.1 Å². The van der Waals surface area contributed by atoms with Crippen molar-refractivity contribution in [2.45, 2.75) is 33.1 Å². The molecule has 1 rings (SSSR count). The van der Waals surface area contributed by atoms with Crippen molar-refractivity contribution in [1.29, 1.82) is 0 Å². The second kappa shape index (κ2) is 6.16. The van der Waals surface area contributed by atoms with Crippen LogP contribution in [0.1, 0.15) is 30.9 Å². The van der Waals surface area contributed by atoms with Gasteiger partial charge in [-0.15, -0.1) is 0 Å². The molecule has 0 atom stereocenters. The predicted octanol–water partition coefficient (Wildman–Crippen LogP) is 2.04. The van der Waals surface area contributed by atoms with Crippen molar-refractivity contribution < 1.29 is 4.79 Å². The Morgan fingerprint density at radius 3 is 2.81 bits per heavy atom. The number of carbonyl (C=O) groups excluding carboxylic acids is 1. The lowest BCUT2D eigenvalue weighted by atomic mass is 10.1. The summed E-state index contributed by atoms with van der Waals surface area (Å²) >= 11 is 0. The molecular formula is C13H20N2O. The molecule has 0 aliphatic carbocycles. The maximum Gasteiger partial charge on any atom is 0.224 e. The molecule has 3 heteroatoms. The van der Waals surface area contributed by atoms with Crippen LogP contribution < -0.4 is 11.1 Å². The summed E-state index contributed by atoms with van der Waals surface area (Å²) in [5.74, 6) is 0.0454. The number of aryl methyl sites for hydroxylation is 1. The third-order valence-electron chi connectivity index (χ3n) is 2.50. The van der Waals surface area contributed by atoms with Crippen molar-refractivity contribution in [3.05, 3.63) is 29.3 Å². The van der Waals surface area contributed by atoms with Crippen LogP contribution in [0.25, 0.3) is 0 Å². The van der Waals surface area contributed by atoms with Crippen molar-refractivity contribution in [3.8, 4) is 0 Å². The monoisotopic (exact) mass is 220 g/mol. The maximum atomic E-state index is 11.6. The highest BCUT2D eigenvalue weighted by Gasteiger charge is 2.05. The van der Waals surface area contributed by atoms with Crippen LogP contribution in [0.4, 0.5) is 5.69 Å². The first-order chi connectivity index (χ1) is 7.63. The van der Waals surface area contributed by atoms with Crippen molar-refractivity contribution in [2.24, 2.45) is 0 Å². The summed E-state index contributed by atoms with van der Waals surface area (Å²) in [5.41, 5.74) is 8.56. The van der Waals surface area contributed by atoms with Crippen LogP contribution in [0.15, 0.2) is 18.2 Å². The van der Waals surface area contributed by atoms with E-state index in [4.69, 9.17) is 5.73 Å². The Morgan fingerprint density at radius 1 is 1.44 bits per heavy atom. The van der Waals surface area contributed by atoms with Crippen LogP contribution >= 0.6 is 0 Å². The SMILES string of the molecule is CCCCNC(=O)Cc1ccc(C)cc1N. The first kappa shape index (κ1) is 12.6. The van der Waals surface area contributed by atoms with E-state index in [9.17, 15) is 4.79 Å². The van der Waals surface area contributed by atoms with Gasteiger partial charge in [0, 0.05) is 12.2 Å². The fourth-order valence-corrected chi connectivity index (χ4v) is 1.52. The third-order valence-corrected chi connectivity index (χ3v) is 2.50. The van der Waals surface area contributed by atoms with Gasteiger partial charge in [0.25, 0.3) is 0 Å². The number of hydrogen-bond acceptors (Lipinski definition) is 2. The van der Waals surface area contributed by atoms with Gasteiger partial charge in [-0.05, 0) is 30.5 Å². The maximum absolute atomic E-state index is 11.6. The van der Waals surface area contributed by atoms with E-state index in [0.717, 1.165) is 30.5 Å². The summed E-state index contributed by atoms with van der Waals surface area (Å²) in [6.45, 7) is 4.84. The lowest BCUT2D eigenvalue weighted by molar-refractivity contribution is -0.120. The minimum absolute atomic E-state index is 0.0454. The van der Waals surface area contributed by atoms with Crippen molar-refractivity contribution in [1.82, 2.24) is 5.32 Å². The van der Waals surface area contributed by atoms with Crippen LogP contribution in [0.5, 0.6) is 0 Å². The van der Waals surface area contributed by atoms with Gasteiger partial charge in [0.2, 0.25) is 5.91 Å². The number of unbranched alkanes of at least 4 members (excludes halogenated alkanes) is 1. The van der Waals surface area contributed by atoms with Crippen molar-refractivity contribution in [3.63, 3.8) is 0 Å². The number of nitrogens with one attached hydrogen (secondary N) is 1. The number of nitrogen functional groups attached to an aromatic ring is 1. The van der Waals surface area contributed by atoms with Crippen LogP contribution in [0.2, 0.25) is 0 Å². The standard InChI is InChI=1S/C13H20N2O/c1-3-4-7-15-13(16)9-11-6-5-10(2)8-12(11)14/h5-6,8H,3-4,7,9,14H2,1-2H3,(H,15,16). The molecule has 0 bridgehead atoms. The first-order valence-electron chi connectivity index (χ1n) is 5.75. The zero-order chi connectivity index (χ0) is 12.0. The van der Waals surface area contributed by atoms with Gasteiger partial charge in [-0.2, -0.15) is 0 Å². The molecule has 0 saturated carbocycles. The highest BCUT2D eigenvalue weighted by Crippen LogP contribution is 2.14. The van der Waals surface area contributed by atoms with E-state index in [-0.39, 0.29) is 5.91 Å². The molecule has 0 aliphatic heterocycles. The zero-order valence-corrected chi connectivity index (χ0v) is 10.0. The van der Waals surface area contributed by atoms with Gasteiger partial charge in [0.05, 0.1) is 6.42 Å². The number of hydrogen-bond donors (Lipinski definition) is 2. The number of nitrogens with two attached hydrogens (primary N) is 1. The highest BCUT2D eigenvalue weighted by molar-refractivity contribution is 5.80. The summed E-state index contributed by atoms with van der Waals surface area (Å²) in [6.07, 6.45) is 2.48. The fraction of sp³-hybridized carbons (Fsp3) is 0.462. The summed E-state index contributed by atoms with van der Waals surface area (Å²) < 4.78 is 0. The smallest absolute Gasteiger partial charge is 0.224 e. The molecule has 1 aromatic rings. The molecule has 0 unspecified atom stereocenters. The van der Waals surface area contributed by atoms with Gasteiger partial charge < -0.3 is 11.1 Å². The second-order valence-electron chi connectivity index (χ2n) is 4.08. The van der Waals surface area contributed by atoms with Crippen LogP contribution in [0.3, 0.4) is 0 Å². The molecule has 16 heavy (non-hydrogen) atoms. The van der Waals surface area contributed by atoms with E-state index in [1.54, 1.807) is 0 Å². The van der Waals surface area contributed by atoms with E-state index in [2.05, 4.69) is 12.2 Å². The highest BCUT2D eigenvalue weighted by atomic mass is 16.1. The number of rotatable bonds is 5. The number of amides is 1. The van der Waals surface area contributed by atoms with E-state index in [1.807, 2.05) is 25.1 Å². The Morgan fingerprint density at radius 2 is 2.19 bits per heavy atom. The minimum Gasteiger partial charge on any atom is -0.398 e. The molecule has 1 amide bonds. The average molecular weight is 220 g/mol. The van der Waals surface area contributed by atoms with E-state index in [1.165, 1.54) is 0 Å². The van der Waals surface area contributed by atoms with E-state index < -0.39 is 0 Å². The Labute approximate surface area is 97.0 Å². The minimum atomic E-state index is 0.0454. The quantitative estimate of drug-likeness (QED) is 0.589. The molecule has 0 heterocycles. The summed E-state index contributed by atoms with van der Waals surface area (Å²) in [7, 11) is 0. The van der Waals surface area contributed by atoms with Crippen LogP contribution in [-0.2, 0) is 11.2 Å². The largest absolute Gasteiger partial charge is 0.398 e. The predicted molar refractivity (Wildman–Crippen MR) is 67.2 cm³/mol. The normalized spacial score (nSPS) is 10.1. The van der Waals surface area contributed by atoms with Gasteiger partial charge in [-0.25, -0.2) is 0 Å². The Hall–Kier alpha value is -1.51. The van der Waals surface area contributed by atoms with E-state index >= 15 is 0 Å². The second-order valence-corrected chi connectivity index (χ2v) is 4.08. The molecule has 0 aromatic heterocycles. The Balaban J connectivity index is 2.49. The van der Waals surface area contributed by atoms with Crippen LogP contribution in [-0.4, -0.2) is 12.5 Å². The van der Waals surface area contributed by atoms with Crippen LogP contribution in [0, 0.1) is 6.92 Å². The lowest BCUT2D eigenvalue weighted by Crippen LogP contribution is -2.26. The number of anilines is 1. The third kappa shape index (κ3) is 3.93. The van der Waals surface area contributed by atoms with Gasteiger partial charge in [-0.3, -0.25) is 4.79 Å². The average Bonchev–Trinajstić information content (AvgIpc) is 2.23. The Bertz CT molecular complexity index is 361. The molecule has 88 valence electrons. The molecule has 3 nitrogen and oxygen atoms in total. The number of benzene rings is 1. The zero-order valence-electron chi connectivity index (χ0n) is 10.0. The fourth-order valence-electron chi connectivity index (χ4n) is 1.52. The van der Waals surface area contributed by atoms with Gasteiger partial charge in [0.1, 0.15) is 0 Å². The molecule has 0 aliphatic rings. The van der Waals surface area contributed by atoms with Gasteiger partial charge in [-0.1, -0.05) is 25.5 Å². The van der Waals surface area contributed by atoms with Crippen molar-refractivity contribution in [2.75, 3.05) is 12.3 Å². The molecule has 0 saturated heterocycles. The molecular weight excluding hydrogens is 200 g/mol. The van der Waals surface area contributed by atoms with E-state index in [0.29, 0.717) is 12.1 Å². The molecule has 1 aromatic carbocycles. The summed E-state index contributed by atoms with van der Waals surface area (Å²) in [5, 5.41) is 2.88. The van der Waals surface area contributed by atoms with Crippen molar-refractivity contribution >= 4 is 11.6 Å². The number of carbonyl (C=O) groups is 1. The Kier molecular flexibility index (Phi) is 4.83. The molecule has 0 fully saturated rings. The summed E-state index contributed by atoms with van der Waals surface area (Å²) in [4.78, 5) is 11.6. The lowest BCUT2D eigenvalue weighted by Gasteiger charge is -2.07. The first-order valence-corrected chi connectivity index (χ1v) is 5.75. The molecule has 0 spiro atoms. The molecule has 0 radical (unpaired) electrons. The molecule has 3 N–H and O–H groups in total. The van der Waals surface area contributed by atoms with Gasteiger partial charge in [0.15, 0.2) is 0 Å². The summed E-state index contributed by atoms with van der Waals surface area (Å²) in [6, 6.07) is 5.80.